The molecule has 3 nitrogen and oxygen atoms in total. The van der Waals surface area contributed by atoms with E-state index >= 15 is 0 Å². The molecular weight excluding hydrogens is 242 g/mol. The van der Waals surface area contributed by atoms with Crippen molar-refractivity contribution >= 4 is 21.4 Å². The van der Waals surface area contributed by atoms with Crippen LogP contribution in [0.15, 0.2) is 46.7 Å². The fraction of sp³-hybridized carbons (Fsp3) is 0.0909. The van der Waals surface area contributed by atoms with Gasteiger partial charge >= 0.3 is 0 Å². The molecule has 0 aliphatic carbocycles. The third-order valence-corrected chi connectivity index (χ3v) is 4.11. The van der Waals surface area contributed by atoms with Gasteiger partial charge in [0.25, 0.3) is 0 Å². The zero-order valence-corrected chi connectivity index (χ0v) is 10.1. The van der Waals surface area contributed by atoms with Gasteiger partial charge in [0.1, 0.15) is 0 Å². The number of sulfonamides is 1. The predicted molar refractivity (Wildman–Crippen MR) is 64.9 cm³/mol. The van der Waals surface area contributed by atoms with Crippen molar-refractivity contribution in [1.82, 2.24) is 0 Å². The van der Waals surface area contributed by atoms with Crippen LogP contribution in [0.3, 0.4) is 0 Å². The van der Waals surface area contributed by atoms with Crippen LogP contribution in [-0.2, 0) is 16.4 Å². The maximum absolute atomic E-state index is 11.4. The quantitative estimate of drug-likeness (QED) is 0.909. The minimum atomic E-state index is -3.63. The van der Waals surface area contributed by atoms with Crippen molar-refractivity contribution in [2.75, 3.05) is 0 Å². The average molecular weight is 253 g/mol. The first-order chi connectivity index (χ1) is 7.57. The normalized spacial score (nSPS) is 11.6. The summed E-state index contributed by atoms with van der Waals surface area (Å²) in [5, 5.41) is 7.13. The standard InChI is InChI=1S/C11H11NO2S2/c12-16(13,14)11-6-2-1-4-9(11)8-10-5-3-7-15-10/h1-7H,8H2,(H2,12,13,14). The molecule has 2 rings (SSSR count). The minimum absolute atomic E-state index is 0.211. The second-order valence-corrected chi connectivity index (χ2v) is 5.97. The summed E-state index contributed by atoms with van der Waals surface area (Å²) in [5.74, 6) is 0. The Labute approximate surface area is 98.6 Å². The number of nitrogens with two attached hydrogens (primary N) is 1. The van der Waals surface area contributed by atoms with Crippen LogP contribution in [-0.4, -0.2) is 8.42 Å². The Balaban J connectivity index is 2.42. The topological polar surface area (TPSA) is 60.2 Å². The number of primary sulfonamides is 1. The van der Waals surface area contributed by atoms with Gasteiger partial charge in [-0.05, 0) is 23.1 Å². The maximum Gasteiger partial charge on any atom is 0.238 e. The average Bonchev–Trinajstić information content (AvgIpc) is 2.70. The number of benzene rings is 1. The van der Waals surface area contributed by atoms with Gasteiger partial charge in [0, 0.05) is 11.3 Å². The number of hydrogen-bond donors (Lipinski definition) is 1. The fourth-order valence-electron chi connectivity index (χ4n) is 1.53. The Morgan fingerprint density at radius 3 is 2.50 bits per heavy atom. The van der Waals surface area contributed by atoms with Gasteiger partial charge in [0.2, 0.25) is 10.0 Å². The SMILES string of the molecule is NS(=O)(=O)c1ccccc1Cc1cccs1. The van der Waals surface area contributed by atoms with Gasteiger partial charge in [-0.3, -0.25) is 0 Å². The molecule has 2 N–H and O–H groups in total. The van der Waals surface area contributed by atoms with Gasteiger partial charge in [-0.25, -0.2) is 13.6 Å². The smallest absolute Gasteiger partial charge is 0.225 e. The van der Waals surface area contributed by atoms with Gasteiger partial charge in [-0.2, -0.15) is 0 Å². The van der Waals surface area contributed by atoms with Crippen molar-refractivity contribution in [3.63, 3.8) is 0 Å². The Bertz CT molecular complexity index is 574. The Kier molecular flexibility index (Phi) is 3.09. The highest BCUT2D eigenvalue weighted by Crippen LogP contribution is 2.20. The molecule has 0 amide bonds. The number of rotatable bonds is 3. The second kappa shape index (κ2) is 4.37. The summed E-state index contributed by atoms with van der Waals surface area (Å²) in [6.45, 7) is 0. The van der Waals surface area contributed by atoms with Crippen LogP contribution in [0, 0.1) is 0 Å². The molecule has 84 valence electrons. The summed E-state index contributed by atoms with van der Waals surface area (Å²) in [5.41, 5.74) is 0.743. The largest absolute Gasteiger partial charge is 0.238 e. The molecule has 0 aliphatic heterocycles. The number of thiophene rings is 1. The van der Waals surface area contributed by atoms with E-state index in [2.05, 4.69) is 0 Å². The fourth-order valence-corrected chi connectivity index (χ4v) is 3.03. The lowest BCUT2D eigenvalue weighted by Crippen LogP contribution is -2.14. The molecule has 0 unspecified atom stereocenters. The van der Waals surface area contributed by atoms with Gasteiger partial charge in [0.15, 0.2) is 0 Å². The van der Waals surface area contributed by atoms with Crippen molar-refractivity contribution in [1.29, 1.82) is 0 Å². The van der Waals surface area contributed by atoms with Crippen LogP contribution in [0.5, 0.6) is 0 Å². The highest BCUT2D eigenvalue weighted by molar-refractivity contribution is 7.89. The summed E-state index contributed by atoms with van der Waals surface area (Å²) in [6.07, 6.45) is 0.601. The van der Waals surface area contributed by atoms with E-state index in [1.165, 1.54) is 6.07 Å². The molecule has 5 heteroatoms. The van der Waals surface area contributed by atoms with E-state index < -0.39 is 10.0 Å². The first-order valence-corrected chi connectivity index (χ1v) is 7.13. The summed E-state index contributed by atoms with van der Waals surface area (Å²) in [4.78, 5) is 1.33. The third-order valence-electron chi connectivity index (χ3n) is 2.22. The monoisotopic (exact) mass is 253 g/mol. The lowest BCUT2D eigenvalue weighted by molar-refractivity contribution is 0.597. The molecule has 0 spiro atoms. The molecule has 16 heavy (non-hydrogen) atoms. The summed E-state index contributed by atoms with van der Waals surface area (Å²) < 4.78 is 22.7. The first kappa shape index (κ1) is 11.3. The van der Waals surface area contributed by atoms with E-state index in [9.17, 15) is 8.42 Å². The molecule has 0 aliphatic rings. The van der Waals surface area contributed by atoms with Crippen molar-refractivity contribution in [3.8, 4) is 0 Å². The summed E-state index contributed by atoms with van der Waals surface area (Å²) >= 11 is 1.60. The molecule has 0 radical (unpaired) electrons. The molecule has 0 atom stereocenters. The van der Waals surface area contributed by atoms with E-state index in [0.29, 0.717) is 6.42 Å². The van der Waals surface area contributed by atoms with Crippen LogP contribution >= 0.6 is 11.3 Å². The van der Waals surface area contributed by atoms with E-state index in [1.807, 2.05) is 23.6 Å². The summed E-state index contributed by atoms with van der Waals surface area (Å²) in [6, 6.07) is 10.7. The molecule has 1 heterocycles. The summed E-state index contributed by atoms with van der Waals surface area (Å²) in [7, 11) is -3.63. The van der Waals surface area contributed by atoms with Crippen LogP contribution in [0.4, 0.5) is 0 Å². The Morgan fingerprint density at radius 2 is 1.88 bits per heavy atom. The predicted octanol–water partition coefficient (Wildman–Crippen LogP) is 1.99. The van der Waals surface area contributed by atoms with Crippen LogP contribution < -0.4 is 5.14 Å². The van der Waals surface area contributed by atoms with Gasteiger partial charge < -0.3 is 0 Å². The Morgan fingerprint density at radius 1 is 1.12 bits per heavy atom. The first-order valence-electron chi connectivity index (χ1n) is 4.70. The zero-order chi connectivity index (χ0) is 11.6. The molecule has 0 bridgehead atoms. The van der Waals surface area contributed by atoms with Crippen molar-refractivity contribution in [2.24, 2.45) is 5.14 Å². The zero-order valence-electron chi connectivity index (χ0n) is 8.46. The molecule has 0 fully saturated rings. The van der Waals surface area contributed by atoms with Crippen LogP contribution in [0.25, 0.3) is 0 Å². The van der Waals surface area contributed by atoms with Crippen molar-refractivity contribution in [3.05, 3.63) is 52.2 Å². The molecule has 0 saturated heterocycles. The van der Waals surface area contributed by atoms with Gasteiger partial charge in [-0.15, -0.1) is 11.3 Å². The van der Waals surface area contributed by atoms with Crippen molar-refractivity contribution in [2.45, 2.75) is 11.3 Å². The Hall–Kier alpha value is -1.17. The van der Waals surface area contributed by atoms with Crippen LogP contribution in [0.1, 0.15) is 10.4 Å². The highest BCUT2D eigenvalue weighted by atomic mass is 32.2. The van der Waals surface area contributed by atoms with E-state index in [4.69, 9.17) is 5.14 Å². The maximum atomic E-state index is 11.4. The molecular formula is C11H11NO2S2. The number of hydrogen-bond acceptors (Lipinski definition) is 3. The lowest BCUT2D eigenvalue weighted by atomic mass is 10.1. The lowest BCUT2D eigenvalue weighted by Gasteiger charge is -2.05. The van der Waals surface area contributed by atoms with Gasteiger partial charge in [0.05, 0.1) is 4.90 Å². The molecule has 2 aromatic rings. The second-order valence-electron chi connectivity index (χ2n) is 3.41. The van der Waals surface area contributed by atoms with Crippen molar-refractivity contribution < 1.29 is 8.42 Å². The third kappa shape index (κ3) is 2.49. The van der Waals surface area contributed by atoms with E-state index in [0.717, 1.165) is 10.4 Å². The molecule has 1 aromatic carbocycles. The minimum Gasteiger partial charge on any atom is -0.225 e. The van der Waals surface area contributed by atoms with E-state index in [-0.39, 0.29) is 4.90 Å². The van der Waals surface area contributed by atoms with Gasteiger partial charge in [-0.1, -0.05) is 24.3 Å². The molecule has 1 aromatic heterocycles. The van der Waals surface area contributed by atoms with E-state index in [1.54, 1.807) is 23.5 Å². The molecule has 0 saturated carbocycles. The van der Waals surface area contributed by atoms with Crippen LogP contribution in [0.2, 0.25) is 0 Å². The highest BCUT2D eigenvalue weighted by Gasteiger charge is 2.13.